The average Bonchev–Trinajstić information content (AvgIpc) is 2.74. The third-order valence-electron chi connectivity index (χ3n) is 2.42. The Morgan fingerprint density at radius 1 is 1.37 bits per heavy atom. The predicted octanol–water partition coefficient (Wildman–Crippen LogP) is 0.805. The van der Waals surface area contributed by atoms with Gasteiger partial charge in [0.05, 0.1) is 5.75 Å². The maximum Gasteiger partial charge on any atom is 0.248 e. The van der Waals surface area contributed by atoms with Crippen LogP contribution < -0.4 is 5.32 Å². The first-order chi connectivity index (χ1) is 8.69. The van der Waals surface area contributed by atoms with Crippen molar-refractivity contribution in [3.05, 3.63) is 11.7 Å². The second kappa shape index (κ2) is 6.14. The molecule has 1 amide bonds. The molecule has 1 aromatic heterocycles. The Balaban J connectivity index is 2.54. The third kappa shape index (κ3) is 5.37. The fourth-order valence-electron chi connectivity index (χ4n) is 1.31. The second-order valence-corrected chi connectivity index (χ2v) is 7.07. The standard InChI is InChI=1S/C11H19N3O4S/c1-7(2)10-13-11(18-14-10)8(3)12-9(15)5-6-19(4,16)17/h7-8H,5-6H2,1-4H3,(H,12,15). The number of carbonyl (C=O) groups is 1. The Bertz CT molecular complexity index is 536. The summed E-state index contributed by atoms with van der Waals surface area (Å²) in [6.07, 6.45) is 1.02. The highest BCUT2D eigenvalue weighted by Crippen LogP contribution is 2.14. The number of hydrogen-bond donors (Lipinski definition) is 1. The highest BCUT2D eigenvalue weighted by atomic mass is 32.2. The smallest absolute Gasteiger partial charge is 0.248 e. The van der Waals surface area contributed by atoms with E-state index in [0.717, 1.165) is 6.26 Å². The van der Waals surface area contributed by atoms with Gasteiger partial charge in [0.2, 0.25) is 11.8 Å². The molecule has 1 atom stereocenters. The molecule has 19 heavy (non-hydrogen) atoms. The Labute approximate surface area is 112 Å². The van der Waals surface area contributed by atoms with Crippen LogP contribution in [0.25, 0.3) is 0 Å². The third-order valence-corrected chi connectivity index (χ3v) is 3.37. The van der Waals surface area contributed by atoms with Crippen molar-refractivity contribution in [1.29, 1.82) is 0 Å². The van der Waals surface area contributed by atoms with Gasteiger partial charge in [0.1, 0.15) is 15.9 Å². The first-order valence-electron chi connectivity index (χ1n) is 5.99. The van der Waals surface area contributed by atoms with Gasteiger partial charge in [-0.05, 0) is 6.92 Å². The van der Waals surface area contributed by atoms with Crippen molar-refractivity contribution in [2.24, 2.45) is 0 Å². The molecule has 108 valence electrons. The number of hydrogen-bond acceptors (Lipinski definition) is 6. The number of nitrogens with zero attached hydrogens (tertiary/aromatic N) is 2. The minimum absolute atomic E-state index is 0.0751. The van der Waals surface area contributed by atoms with Crippen molar-refractivity contribution in [2.45, 2.75) is 39.2 Å². The predicted molar refractivity (Wildman–Crippen MR) is 69.3 cm³/mol. The summed E-state index contributed by atoms with van der Waals surface area (Å²) in [5, 5.41) is 6.42. The van der Waals surface area contributed by atoms with Gasteiger partial charge in [0.25, 0.3) is 0 Å². The Kier molecular flexibility index (Phi) is 5.04. The van der Waals surface area contributed by atoms with Gasteiger partial charge in [0.15, 0.2) is 5.82 Å². The fourth-order valence-corrected chi connectivity index (χ4v) is 1.87. The Morgan fingerprint density at radius 2 is 2.00 bits per heavy atom. The first kappa shape index (κ1) is 15.6. The molecule has 0 bridgehead atoms. The SMILES string of the molecule is CC(C)c1noc(C(C)NC(=O)CCS(C)(=O)=O)n1. The second-order valence-electron chi connectivity index (χ2n) is 4.81. The van der Waals surface area contributed by atoms with Gasteiger partial charge in [-0.2, -0.15) is 4.98 Å². The summed E-state index contributed by atoms with van der Waals surface area (Å²) in [7, 11) is -3.14. The van der Waals surface area contributed by atoms with Gasteiger partial charge >= 0.3 is 0 Å². The molecule has 0 fully saturated rings. The number of rotatable bonds is 6. The molecule has 8 heteroatoms. The van der Waals surface area contributed by atoms with Crippen molar-refractivity contribution in [2.75, 3.05) is 12.0 Å². The van der Waals surface area contributed by atoms with E-state index in [1.807, 2.05) is 13.8 Å². The topological polar surface area (TPSA) is 102 Å². The van der Waals surface area contributed by atoms with E-state index < -0.39 is 15.9 Å². The van der Waals surface area contributed by atoms with Gasteiger partial charge in [-0.25, -0.2) is 8.42 Å². The van der Waals surface area contributed by atoms with Gasteiger partial charge in [-0.3, -0.25) is 4.79 Å². The monoisotopic (exact) mass is 289 g/mol. The fraction of sp³-hybridized carbons (Fsp3) is 0.727. The zero-order valence-corrected chi connectivity index (χ0v) is 12.3. The quantitative estimate of drug-likeness (QED) is 0.831. The number of aromatic nitrogens is 2. The summed E-state index contributed by atoms with van der Waals surface area (Å²) in [6, 6.07) is -0.438. The van der Waals surface area contributed by atoms with Crippen LogP contribution in [0.4, 0.5) is 0 Å². The summed E-state index contributed by atoms with van der Waals surface area (Å²) < 4.78 is 26.9. The molecule has 7 nitrogen and oxygen atoms in total. The van der Waals surface area contributed by atoms with E-state index >= 15 is 0 Å². The minimum Gasteiger partial charge on any atom is -0.345 e. The molecule has 0 aliphatic heterocycles. The number of nitrogens with one attached hydrogen (secondary N) is 1. The van der Waals surface area contributed by atoms with E-state index in [1.165, 1.54) is 0 Å². The highest BCUT2D eigenvalue weighted by molar-refractivity contribution is 7.90. The van der Waals surface area contributed by atoms with E-state index in [-0.39, 0.29) is 24.0 Å². The molecule has 1 rings (SSSR count). The van der Waals surface area contributed by atoms with Crippen molar-refractivity contribution in [3.63, 3.8) is 0 Å². The Hall–Kier alpha value is -1.44. The van der Waals surface area contributed by atoms with Crippen molar-refractivity contribution in [3.8, 4) is 0 Å². The lowest BCUT2D eigenvalue weighted by molar-refractivity contribution is -0.121. The zero-order chi connectivity index (χ0) is 14.6. The minimum atomic E-state index is -3.14. The van der Waals surface area contributed by atoms with Crippen LogP contribution in [0.5, 0.6) is 0 Å². The maximum absolute atomic E-state index is 11.5. The molecule has 0 aliphatic carbocycles. The van der Waals surface area contributed by atoms with E-state index in [4.69, 9.17) is 4.52 Å². The molecule has 0 aliphatic rings. The Morgan fingerprint density at radius 3 is 2.47 bits per heavy atom. The molecule has 0 radical (unpaired) electrons. The van der Waals surface area contributed by atoms with Gasteiger partial charge in [-0.15, -0.1) is 0 Å². The van der Waals surface area contributed by atoms with E-state index in [0.29, 0.717) is 11.7 Å². The first-order valence-corrected chi connectivity index (χ1v) is 8.05. The molecular weight excluding hydrogens is 270 g/mol. The van der Waals surface area contributed by atoms with Crippen molar-refractivity contribution in [1.82, 2.24) is 15.5 Å². The molecular formula is C11H19N3O4S. The number of amides is 1. The normalized spacial score (nSPS) is 13.5. The van der Waals surface area contributed by atoms with E-state index in [1.54, 1.807) is 6.92 Å². The summed E-state index contributed by atoms with van der Waals surface area (Å²) in [6.45, 7) is 5.57. The van der Waals surface area contributed by atoms with Crippen molar-refractivity contribution < 1.29 is 17.7 Å². The number of carbonyl (C=O) groups excluding carboxylic acids is 1. The van der Waals surface area contributed by atoms with Crippen LogP contribution in [0.2, 0.25) is 0 Å². The van der Waals surface area contributed by atoms with Crippen LogP contribution in [0, 0.1) is 0 Å². The van der Waals surface area contributed by atoms with Crippen LogP contribution >= 0.6 is 0 Å². The van der Waals surface area contributed by atoms with Crippen LogP contribution in [0.3, 0.4) is 0 Å². The number of sulfone groups is 1. The van der Waals surface area contributed by atoms with E-state index in [2.05, 4.69) is 15.5 Å². The van der Waals surface area contributed by atoms with Crippen LogP contribution in [-0.2, 0) is 14.6 Å². The summed E-state index contributed by atoms with van der Waals surface area (Å²) in [4.78, 5) is 15.7. The van der Waals surface area contributed by atoms with Crippen LogP contribution in [0.15, 0.2) is 4.52 Å². The van der Waals surface area contributed by atoms with Gasteiger partial charge in [-0.1, -0.05) is 19.0 Å². The molecule has 1 unspecified atom stereocenters. The average molecular weight is 289 g/mol. The maximum atomic E-state index is 11.5. The van der Waals surface area contributed by atoms with Gasteiger partial charge < -0.3 is 9.84 Å². The molecule has 1 aromatic rings. The highest BCUT2D eigenvalue weighted by Gasteiger charge is 2.18. The van der Waals surface area contributed by atoms with Crippen LogP contribution in [0.1, 0.15) is 50.9 Å². The molecule has 0 saturated carbocycles. The molecule has 0 spiro atoms. The molecule has 0 saturated heterocycles. The molecule has 1 N–H and O–H groups in total. The molecule has 1 heterocycles. The van der Waals surface area contributed by atoms with E-state index in [9.17, 15) is 13.2 Å². The largest absolute Gasteiger partial charge is 0.345 e. The summed E-state index contributed by atoms with van der Waals surface area (Å²) in [5.41, 5.74) is 0. The molecule has 0 aromatic carbocycles. The van der Waals surface area contributed by atoms with Crippen molar-refractivity contribution >= 4 is 15.7 Å². The lowest BCUT2D eigenvalue weighted by atomic mass is 10.2. The van der Waals surface area contributed by atoms with Gasteiger partial charge in [0, 0.05) is 18.6 Å². The lowest BCUT2D eigenvalue weighted by Gasteiger charge is -2.09. The summed E-state index contributed by atoms with van der Waals surface area (Å²) in [5.74, 6) is 0.503. The lowest BCUT2D eigenvalue weighted by Crippen LogP contribution is -2.28. The summed E-state index contributed by atoms with van der Waals surface area (Å²) >= 11 is 0. The zero-order valence-electron chi connectivity index (χ0n) is 11.5. The van der Waals surface area contributed by atoms with Crippen LogP contribution in [-0.4, -0.2) is 36.5 Å².